The van der Waals surface area contributed by atoms with Crippen LogP contribution < -0.4 is 16.0 Å². The fraction of sp³-hybridized carbons (Fsp3) is 0.727. The molecule has 4 nitrogen and oxygen atoms in total. The Labute approximate surface area is 102 Å². The van der Waals surface area contributed by atoms with Crippen molar-refractivity contribution in [2.45, 2.75) is 26.8 Å². The van der Waals surface area contributed by atoms with E-state index in [2.05, 4.69) is 29.0 Å². The first-order valence-corrected chi connectivity index (χ1v) is 6.73. The van der Waals surface area contributed by atoms with Crippen molar-refractivity contribution in [3.8, 4) is 0 Å². The van der Waals surface area contributed by atoms with E-state index in [1.54, 1.807) is 11.3 Å². The Bertz CT molecular complexity index is 283. The summed E-state index contributed by atoms with van der Waals surface area (Å²) in [7, 11) is 0. The monoisotopic (exact) mass is 242 g/mol. The number of aromatic nitrogens is 1. The van der Waals surface area contributed by atoms with Crippen molar-refractivity contribution in [3.63, 3.8) is 0 Å². The maximum atomic E-state index is 5.43. The molecule has 0 fully saturated rings. The molecule has 1 rings (SSSR count). The molecule has 3 N–H and O–H groups in total. The molecule has 0 bridgehead atoms. The molecule has 0 radical (unpaired) electrons. The van der Waals surface area contributed by atoms with Gasteiger partial charge in [-0.05, 0) is 33.4 Å². The van der Waals surface area contributed by atoms with Crippen molar-refractivity contribution in [3.05, 3.63) is 11.1 Å². The topological polar surface area (TPSA) is 54.2 Å². The highest BCUT2D eigenvalue weighted by atomic mass is 32.1. The minimum Gasteiger partial charge on any atom is -0.349 e. The molecular formula is C11H22N4S. The van der Waals surface area contributed by atoms with Gasteiger partial charge in [-0.3, -0.25) is 0 Å². The molecule has 5 heteroatoms. The van der Waals surface area contributed by atoms with Crippen molar-refractivity contribution in [2.24, 2.45) is 5.73 Å². The van der Waals surface area contributed by atoms with Crippen LogP contribution in [0.25, 0.3) is 0 Å². The first-order valence-electron chi connectivity index (χ1n) is 5.92. The second kappa shape index (κ2) is 7.60. The predicted molar refractivity (Wildman–Crippen MR) is 71.1 cm³/mol. The number of thiazole rings is 1. The number of nitrogens with two attached hydrogens (primary N) is 1. The standard InChI is InChI=1S/C11H22N4S/c1-3-15(4-2)11-14-9-10(16-11)8-13-7-5-6-12/h9,13H,3-8,12H2,1-2H3. The van der Waals surface area contributed by atoms with Crippen LogP contribution in [0, 0.1) is 0 Å². The summed E-state index contributed by atoms with van der Waals surface area (Å²) < 4.78 is 0. The molecule has 0 saturated carbocycles. The van der Waals surface area contributed by atoms with Gasteiger partial charge in [-0.1, -0.05) is 0 Å². The van der Waals surface area contributed by atoms with Gasteiger partial charge in [0.1, 0.15) is 0 Å². The van der Waals surface area contributed by atoms with E-state index < -0.39 is 0 Å². The quantitative estimate of drug-likeness (QED) is 0.677. The minimum absolute atomic E-state index is 0.750. The molecule has 0 aliphatic rings. The van der Waals surface area contributed by atoms with Gasteiger partial charge < -0.3 is 16.0 Å². The molecule has 0 saturated heterocycles. The molecule has 0 spiro atoms. The van der Waals surface area contributed by atoms with Gasteiger partial charge in [0.15, 0.2) is 5.13 Å². The van der Waals surface area contributed by atoms with Crippen LogP contribution in [0.1, 0.15) is 25.1 Å². The lowest BCUT2D eigenvalue weighted by Crippen LogP contribution is -2.21. The molecular weight excluding hydrogens is 220 g/mol. The zero-order chi connectivity index (χ0) is 11.8. The Hall–Kier alpha value is -0.650. The summed E-state index contributed by atoms with van der Waals surface area (Å²) in [4.78, 5) is 8.00. The second-order valence-electron chi connectivity index (χ2n) is 3.60. The van der Waals surface area contributed by atoms with Crippen LogP contribution in [0.15, 0.2) is 6.20 Å². The SMILES string of the molecule is CCN(CC)c1ncc(CNCCCN)s1. The van der Waals surface area contributed by atoms with Crippen molar-refractivity contribution in [1.29, 1.82) is 0 Å². The van der Waals surface area contributed by atoms with Gasteiger partial charge in [-0.15, -0.1) is 11.3 Å². The molecule has 0 amide bonds. The lowest BCUT2D eigenvalue weighted by atomic mass is 10.4. The molecule has 0 aromatic carbocycles. The van der Waals surface area contributed by atoms with Crippen LogP contribution in [0.5, 0.6) is 0 Å². The molecule has 16 heavy (non-hydrogen) atoms. The molecule has 0 aliphatic carbocycles. The zero-order valence-corrected chi connectivity index (χ0v) is 11.0. The third kappa shape index (κ3) is 4.08. The van der Waals surface area contributed by atoms with Crippen molar-refractivity contribution in [2.75, 3.05) is 31.1 Å². The number of hydrogen-bond donors (Lipinski definition) is 2. The van der Waals surface area contributed by atoms with E-state index >= 15 is 0 Å². The van der Waals surface area contributed by atoms with Gasteiger partial charge in [0.25, 0.3) is 0 Å². The summed E-state index contributed by atoms with van der Waals surface area (Å²) >= 11 is 1.77. The van der Waals surface area contributed by atoms with E-state index in [0.717, 1.165) is 44.3 Å². The molecule has 0 unspecified atom stereocenters. The smallest absolute Gasteiger partial charge is 0.185 e. The van der Waals surface area contributed by atoms with E-state index in [-0.39, 0.29) is 0 Å². The normalized spacial score (nSPS) is 10.7. The molecule has 92 valence electrons. The van der Waals surface area contributed by atoms with Gasteiger partial charge in [-0.2, -0.15) is 0 Å². The van der Waals surface area contributed by atoms with E-state index in [4.69, 9.17) is 5.73 Å². The van der Waals surface area contributed by atoms with E-state index in [1.807, 2.05) is 6.20 Å². The van der Waals surface area contributed by atoms with Gasteiger partial charge >= 0.3 is 0 Å². The third-order valence-corrected chi connectivity index (χ3v) is 3.49. The van der Waals surface area contributed by atoms with Crippen LogP contribution in [-0.2, 0) is 6.54 Å². The van der Waals surface area contributed by atoms with Crippen LogP contribution in [-0.4, -0.2) is 31.2 Å². The summed E-state index contributed by atoms with van der Waals surface area (Å²) in [6, 6.07) is 0. The Kier molecular flexibility index (Phi) is 6.37. The van der Waals surface area contributed by atoms with Crippen LogP contribution in [0.4, 0.5) is 5.13 Å². The number of rotatable bonds is 8. The fourth-order valence-corrected chi connectivity index (χ4v) is 2.46. The van der Waals surface area contributed by atoms with E-state index in [0.29, 0.717) is 0 Å². The number of nitrogens with zero attached hydrogens (tertiary/aromatic N) is 2. The van der Waals surface area contributed by atoms with Crippen molar-refractivity contribution in [1.82, 2.24) is 10.3 Å². The largest absolute Gasteiger partial charge is 0.349 e. The van der Waals surface area contributed by atoms with E-state index in [1.165, 1.54) is 4.88 Å². The minimum atomic E-state index is 0.750. The first-order chi connectivity index (χ1) is 7.81. The maximum Gasteiger partial charge on any atom is 0.185 e. The van der Waals surface area contributed by atoms with Gasteiger partial charge in [-0.25, -0.2) is 4.98 Å². The van der Waals surface area contributed by atoms with Gasteiger partial charge in [0.2, 0.25) is 0 Å². The average molecular weight is 242 g/mol. The molecule has 1 aromatic heterocycles. The number of hydrogen-bond acceptors (Lipinski definition) is 5. The molecule has 1 heterocycles. The first kappa shape index (κ1) is 13.4. The average Bonchev–Trinajstić information content (AvgIpc) is 2.75. The summed E-state index contributed by atoms with van der Waals surface area (Å²) in [5.74, 6) is 0. The summed E-state index contributed by atoms with van der Waals surface area (Å²) in [6.45, 7) is 8.98. The summed E-state index contributed by atoms with van der Waals surface area (Å²) in [5.41, 5.74) is 5.43. The zero-order valence-electron chi connectivity index (χ0n) is 10.2. The Balaban J connectivity index is 2.38. The fourth-order valence-electron chi connectivity index (χ4n) is 1.46. The molecule has 0 atom stereocenters. The summed E-state index contributed by atoms with van der Waals surface area (Å²) in [6.07, 6.45) is 3.00. The van der Waals surface area contributed by atoms with Gasteiger partial charge in [0, 0.05) is 30.7 Å². The molecule has 0 aliphatic heterocycles. The Morgan fingerprint density at radius 2 is 2.19 bits per heavy atom. The second-order valence-corrected chi connectivity index (χ2v) is 4.69. The van der Waals surface area contributed by atoms with Gasteiger partial charge in [0.05, 0.1) is 0 Å². The highest BCUT2D eigenvalue weighted by Crippen LogP contribution is 2.21. The van der Waals surface area contributed by atoms with Crippen LogP contribution in [0.2, 0.25) is 0 Å². The van der Waals surface area contributed by atoms with E-state index in [9.17, 15) is 0 Å². The molecule has 1 aromatic rings. The van der Waals surface area contributed by atoms with Crippen LogP contribution >= 0.6 is 11.3 Å². The number of nitrogens with one attached hydrogen (secondary N) is 1. The predicted octanol–water partition coefficient (Wildman–Crippen LogP) is 1.43. The maximum absolute atomic E-state index is 5.43. The Morgan fingerprint density at radius 1 is 1.44 bits per heavy atom. The highest BCUT2D eigenvalue weighted by molar-refractivity contribution is 7.15. The van der Waals surface area contributed by atoms with Crippen molar-refractivity contribution < 1.29 is 0 Å². The van der Waals surface area contributed by atoms with Crippen LogP contribution in [0.3, 0.4) is 0 Å². The Morgan fingerprint density at radius 3 is 2.81 bits per heavy atom. The number of anilines is 1. The lowest BCUT2D eigenvalue weighted by molar-refractivity contribution is 0.660. The third-order valence-electron chi connectivity index (χ3n) is 2.43. The van der Waals surface area contributed by atoms with Crippen molar-refractivity contribution >= 4 is 16.5 Å². The summed E-state index contributed by atoms with van der Waals surface area (Å²) in [5, 5.41) is 4.49. The lowest BCUT2D eigenvalue weighted by Gasteiger charge is -2.16. The highest BCUT2D eigenvalue weighted by Gasteiger charge is 2.06.